The second kappa shape index (κ2) is 5.47. The molecule has 5 heteroatoms. The maximum absolute atomic E-state index is 9.70. The van der Waals surface area contributed by atoms with Crippen LogP contribution in [0.2, 0.25) is 0 Å². The first kappa shape index (κ1) is 14.0. The minimum Gasteiger partial charge on any atom is -0.392 e. The maximum Gasteiger partial charge on any atom is 0.194 e. The highest BCUT2D eigenvalue weighted by Crippen LogP contribution is 2.42. The second-order valence-corrected chi connectivity index (χ2v) is 7.02. The van der Waals surface area contributed by atoms with Gasteiger partial charge in [0, 0.05) is 36.6 Å². The van der Waals surface area contributed by atoms with Crippen molar-refractivity contribution in [3.05, 3.63) is 23.0 Å². The average Bonchev–Trinajstić information content (AvgIpc) is 3.01. The Kier molecular flexibility index (Phi) is 3.84. The molecule has 0 aliphatic heterocycles. The molecule has 20 heavy (non-hydrogen) atoms. The second-order valence-electron chi connectivity index (χ2n) is 6.15. The fourth-order valence-electron chi connectivity index (χ4n) is 2.68. The minimum absolute atomic E-state index is 0.298. The van der Waals surface area contributed by atoms with Gasteiger partial charge in [-0.05, 0) is 33.6 Å². The number of nitrogens with zero attached hydrogens (tertiary/aromatic N) is 3. The van der Waals surface area contributed by atoms with Gasteiger partial charge in [0.25, 0.3) is 0 Å². The molecule has 1 saturated carbocycles. The van der Waals surface area contributed by atoms with Crippen LogP contribution in [0.25, 0.3) is 4.96 Å². The number of fused-ring (bicyclic) bond motifs is 1. The summed E-state index contributed by atoms with van der Waals surface area (Å²) in [6.45, 7) is 7.80. The Bertz CT molecular complexity index is 583. The highest BCUT2D eigenvalue weighted by molar-refractivity contribution is 7.15. The van der Waals surface area contributed by atoms with Crippen LogP contribution in [-0.2, 0) is 6.54 Å². The third kappa shape index (κ3) is 2.75. The van der Waals surface area contributed by atoms with E-state index < -0.39 is 0 Å². The van der Waals surface area contributed by atoms with Crippen LogP contribution in [0.1, 0.15) is 50.9 Å². The van der Waals surface area contributed by atoms with Crippen molar-refractivity contribution in [3.63, 3.8) is 0 Å². The van der Waals surface area contributed by atoms with E-state index >= 15 is 0 Å². The topological polar surface area (TPSA) is 40.8 Å². The first-order valence-electron chi connectivity index (χ1n) is 7.42. The zero-order chi connectivity index (χ0) is 14.3. The molecule has 0 aromatic carbocycles. The number of imidazole rings is 1. The summed E-state index contributed by atoms with van der Waals surface area (Å²) in [7, 11) is 0. The van der Waals surface area contributed by atoms with Gasteiger partial charge >= 0.3 is 0 Å². The van der Waals surface area contributed by atoms with E-state index in [-0.39, 0.29) is 6.10 Å². The molecule has 2 heterocycles. The van der Waals surface area contributed by atoms with Gasteiger partial charge in [0.05, 0.1) is 17.5 Å². The Morgan fingerprint density at radius 2 is 2.20 bits per heavy atom. The fraction of sp³-hybridized carbons (Fsp3) is 0.667. The van der Waals surface area contributed by atoms with E-state index in [9.17, 15) is 5.11 Å². The summed E-state index contributed by atoms with van der Waals surface area (Å²) in [6.07, 6.45) is 4.37. The van der Waals surface area contributed by atoms with E-state index in [0.29, 0.717) is 18.5 Å². The quantitative estimate of drug-likeness (QED) is 0.890. The van der Waals surface area contributed by atoms with Gasteiger partial charge in [-0.3, -0.25) is 9.30 Å². The number of aromatic nitrogens is 2. The van der Waals surface area contributed by atoms with Crippen molar-refractivity contribution in [1.29, 1.82) is 0 Å². The number of thiazole rings is 1. The van der Waals surface area contributed by atoms with Crippen LogP contribution >= 0.6 is 11.3 Å². The van der Waals surface area contributed by atoms with Crippen molar-refractivity contribution < 1.29 is 5.11 Å². The molecule has 0 radical (unpaired) electrons. The zero-order valence-electron chi connectivity index (χ0n) is 12.4. The highest BCUT2D eigenvalue weighted by Gasteiger charge is 2.31. The standard InChI is InChI=1S/C15H23N3OS/c1-10(2)17(8-11(3)19)9-13-14(12-4-5-12)16-15-18(13)6-7-20-15/h6-7,10-12,19H,4-5,8-9H2,1-3H3. The van der Waals surface area contributed by atoms with Gasteiger partial charge in [-0.25, -0.2) is 4.98 Å². The molecule has 1 atom stereocenters. The van der Waals surface area contributed by atoms with Crippen molar-refractivity contribution in [2.75, 3.05) is 6.54 Å². The van der Waals surface area contributed by atoms with Gasteiger partial charge in [0.2, 0.25) is 0 Å². The van der Waals surface area contributed by atoms with Gasteiger partial charge in [-0.15, -0.1) is 11.3 Å². The lowest BCUT2D eigenvalue weighted by atomic mass is 10.2. The first-order chi connectivity index (χ1) is 9.56. The normalized spacial score (nSPS) is 17.5. The molecule has 1 unspecified atom stereocenters. The Labute approximate surface area is 124 Å². The third-order valence-corrected chi connectivity index (χ3v) is 4.69. The molecule has 1 N–H and O–H groups in total. The Morgan fingerprint density at radius 1 is 1.45 bits per heavy atom. The Balaban J connectivity index is 1.91. The molecule has 0 amide bonds. The molecule has 0 saturated heterocycles. The average molecular weight is 293 g/mol. The minimum atomic E-state index is -0.298. The molecular formula is C15H23N3OS. The Morgan fingerprint density at radius 3 is 2.80 bits per heavy atom. The van der Waals surface area contributed by atoms with Crippen molar-refractivity contribution in [1.82, 2.24) is 14.3 Å². The summed E-state index contributed by atoms with van der Waals surface area (Å²) < 4.78 is 2.23. The summed E-state index contributed by atoms with van der Waals surface area (Å²) in [5.41, 5.74) is 2.60. The molecule has 1 aliphatic carbocycles. The van der Waals surface area contributed by atoms with E-state index in [1.807, 2.05) is 6.92 Å². The molecule has 0 bridgehead atoms. The number of hydrogen-bond donors (Lipinski definition) is 1. The lowest BCUT2D eigenvalue weighted by Crippen LogP contribution is -2.36. The van der Waals surface area contributed by atoms with E-state index in [4.69, 9.17) is 4.98 Å². The molecule has 0 spiro atoms. The molecule has 1 aliphatic rings. The van der Waals surface area contributed by atoms with Crippen LogP contribution in [0.5, 0.6) is 0 Å². The lowest BCUT2D eigenvalue weighted by molar-refractivity contribution is 0.101. The van der Waals surface area contributed by atoms with Crippen molar-refractivity contribution in [2.45, 2.75) is 58.2 Å². The third-order valence-electron chi connectivity index (χ3n) is 3.94. The number of aliphatic hydroxyl groups is 1. The smallest absolute Gasteiger partial charge is 0.194 e. The van der Waals surface area contributed by atoms with Gasteiger partial charge in [-0.2, -0.15) is 0 Å². The summed E-state index contributed by atoms with van der Waals surface area (Å²) in [5.74, 6) is 0.665. The number of hydrogen-bond acceptors (Lipinski definition) is 4. The van der Waals surface area contributed by atoms with Crippen LogP contribution in [0.15, 0.2) is 11.6 Å². The van der Waals surface area contributed by atoms with Crippen LogP contribution in [0, 0.1) is 0 Å². The summed E-state index contributed by atoms with van der Waals surface area (Å²) in [4.78, 5) is 8.25. The van der Waals surface area contributed by atoms with Gasteiger partial charge in [-0.1, -0.05) is 0 Å². The molecule has 110 valence electrons. The summed E-state index contributed by atoms with van der Waals surface area (Å²) in [6, 6.07) is 0.417. The molecule has 4 nitrogen and oxygen atoms in total. The van der Waals surface area contributed by atoms with Crippen molar-refractivity contribution in [3.8, 4) is 0 Å². The summed E-state index contributed by atoms with van der Waals surface area (Å²) in [5, 5.41) is 11.8. The van der Waals surface area contributed by atoms with Crippen LogP contribution in [0.3, 0.4) is 0 Å². The van der Waals surface area contributed by atoms with E-state index in [1.165, 1.54) is 24.2 Å². The molecule has 3 rings (SSSR count). The van der Waals surface area contributed by atoms with Crippen LogP contribution in [0.4, 0.5) is 0 Å². The van der Waals surface area contributed by atoms with Gasteiger partial charge in [0.1, 0.15) is 0 Å². The maximum atomic E-state index is 9.70. The van der Waals surface area contributed by atoms with E-state index in [2.05, 4.69) is 34.7 Å². The van der Waals surface area contributed by atoms with E-state index in [1.54, 1.807) is 11.3 Å². The first-order valence-corrected chi connectivity index (χ1v) is 8.30. The molecular weight excluding hydrogens is 270 g/mol. The predicted molar refractivity (Wildman–Crippen MR) is 82.3 cm³/mol. The van der Waals surface area contributed by atoms with Crippen molar-refractivity contribution in [2.24, 2.45) is 0 Å². The molecule has 2 aromatic rings. The largest absolute Gasteiger partial charge is 0.392 e. The zero-order valence-corrected chi connectivity index (χ0v) is 13.2. The van der Waals surface area contributed by atoms with Gasteiger partial charge in [0.15, 0.2) is 4.96 Å². The van der Waals surface area contributed by atoms with Gasteiger partial charge < -0.3 is 5.11 Å². The van der Waals surface area contributed by atoms with E-state index in [0.717, 1.165) is 11.5 Å². The highest BCUT2D eigenvalue weighted by atomic mass is 32.1. The number of rotatable bonds is 6. The molecule has 1 fully saturated rings. The monoisotopic (exact) mass is 293 g/mol. The number of aliphatic hydroxyl groups excluding tert-OH is 1. The SMILES string of the molecule is CC(O)CN(Cc1c(C2CC2)nc2sccn12)C(C)C. The van der Waals surface area contributed by atoms with Crippen LogP contribution < -0.4 is 0 Å². The van der Waals surface area contributed by atoms with Crippen molar-refractivity contribution >= 4 is 16.3 Å². The predicted octanol–water partition coefficient (Wildman–Crippen LogP) is 2.86. The fourth-order valence-corrected chi connectivity index (χ4v) is 3.42. The summed E-state index contributed by atoms with van der Waals surface area (Å²) >= 11 is 1.70. The Hall–Kier alpha value is -0.910. The van der Waals surface area contributed by atoms with Crippen LogP contribution in [-0.4, -0.2) is 38.1 Å². The molecule has 2 aromatic heterocycles. The lowest BCUT2D eigenvalue weighted by Gasteiger charge is -2.27.